The van der Waals surface area contributed by atoms with E-state index in [1.165, 1.54) is 5.56 Å². The molecule has 0 saturated carbocycles. The topological polar surface area (TPSA) is 88.7 Å². The summed E-state index contributed by atoms with van der Waals surface area (Å²) in [6.07, 6.45) is 1.83. The van der Waals surface area contributed by atoms with E-state index in [2.05, 4.69) is 27.3 Å². The summed E-state index contributed by atoms with van der Waals surface area (Å²) in [5.41, 5.74) is 3.09. The highest BCUT2D eigenvalue weighted by Crippen LogP contribution is 2.28. The second-order valence-corrected chi connectivity index (χ2v) is 8.09. The number of para-hydroxylation sites is 1. The third-order valence-electron chi connectivity index (χ3n) is 6.07. The maximum absolute atomic E-state index is 12.8. The second-order valence-electron chi connectivity index (χ2n) is 8.09. The number of hydrogen-bond acceptors (Lipinski definition) is 3. The van der Waals surface area contributed by atoms with Gasteiger partial charge in [-0.05, 0) is 17.2 Å². The molecule has 0 aliphatic carbocycles. The normalized spacial score (nSPS) is 16.7. The number of nitrogens with one attached hydrogen (secondary N) is 2. The quantitative estimate of drug-likeness (QED) is 0.571. The molecule has 7 nitrogen and oxygen atoms in total. The first-order valence-corrected chi connectivity index (χ1v) is 10.6. The molecule has 7 heteroatoms. The third kappa shape index (κ3) is 4.72. The van der Waals surface area contributed by atoms with Crippen LogP contribution in [0.2, 0.25) is 0 Å². The van der Waals surface area contributed by atoms with Crippen LogP contribution in [0, 0.1) is 0 Å². The van der Waals surface area contributed by atoms with E-state index in [1.807, 2.05) is 55.6 Å². The molecule has 2 amide bonds. The lowest BCUT2D eigenvalue weighted by Crippen LogP contribution is -2.55. The van der Waals surface area contributed by atoms with E-state index in [9.17, 15) is 14.7 Å². The van der Waals surface area contributed by atoms with E-state index in [0.717, 1.165) is 36.1 Å². The zero-order valence-corrected chi connectivity index (χ0v) is 17.6. The zero-order chi connectivity index (χ0) is 21.8. The fourth-order valence-corrected chi connectivity index (χ4v) is 4.23. The molecule has 162 valence electrons. The van der Waals surface area contributed by atoms with Crippen molar-refractivity contribution < 1.29 is 14.7 Å². The first kappa shape index (κ1) is 20.9. The van der Waals surface area contributed by atoms with Gasteiger partial charge in [0, 0.05) is 55.7 Å². The lowest BCUT2D eigenvalue weighted by atomic mass is 9.93. The van der Waals surface area contributed by atoms with Crippen molar-refractivity contribution in [2.75, 3.05) is 26.2 Å². The number of carbonyl (C=O) groups excluding carboxylic acids is 1. The van der Waals surface area contributed by atoms with Gasteiger partial charge in [0.05, 0.1) is 0 Å². The minimum Gasteiger partial charge on any atom is -0.480 e. The van der Waals surface area contributed by atoms with Crippen molar-refractivity contribution in [3.05, 3.63) is 71.9 Å². The summed E-state index contributed by atoms with van der Waals surface area (Å²) in [6, 6.07) is 16.7. The fourth-order valence-electron chi connectivity index (χ4n) is 4.23. The number of carbonyl (C=O) groups is 2. The number of carboxylic acids is 1. The van der Waals surface area contributed by atoms with E-state index in [-0.39, 0.29) is 11.9 Å². The summed E-state index contributed by atoms with van der Waals surface area (Å²) in [6.45, 7) is 5.37. The van der Waals surface area contributed by atoms with Crippen LogP contribution < -0.4 is 5.32 Å². The molecule has 3 N–H and O–H groups in total. The van der Waals surface area contributed by atoms with Gasteiger partial charge < -0.3 is 20.3 Å². The van der Waals surface area contributed by atoms with Crippen molar-refractivity contribution in [3.63, 3.8) is 0 Å². The van der Waals surface area contributed by atoms with E-state index >= 15 is 0 Å². The Labute approximate surface area is 181 Å². The molecule has 3 aromatic rings. The molecule has 2 aromatic carbocycles. The maximum Gasteiger partial charge on any atom is 0.326 e. The predicted molar refractivity (Wildman–Crippen MR) is 120 cm³/mol. The highest BCUT2D eigenvalue weighted by molar-refractivity contribution is 5.87. The highest BCUT2D eigenvalue weighted by Gasteiger charge is 2.31. The van der Waals surface area contributed by atoms with Crippen molar-refractivity contribution in [3.8, 4) is 0 Å². The Morgan fingerprint density at radius 3 is 2.42 bits per heavy atom. The fraction of sp³-hybridized carbons (Fsp3) is 0.333. The molecule has 1 aliphatic heterocycles. The Kier molecular flexibility index (Phi) is 6.23. The average Bonchev–Trinajstić information content (AvgIpc) is 3.22. The van der Waals surface area contributed by atoms with Crippen LogP contribution in [0.4, 0.5) is 4.79 Å². The molecular weight excluding hydrogens is 392 g/mol. The number of aromatic amines is 1. The van der Waals surface area contributed by atoms with Crippen LogP contribution in [0.1, 0.15) is 24.0 Å². The number of urea groups is 1. The lowest BCUT2D eigenvalue weighted by Gasteiger charge is -2.35. The van der Waals surface area contributed by atoms with Crippen molar-refractivity contribution in [1.82, 2.24) is 20.1 Å². The summed E-state index contributed by atoms with van der Waals surface area (Å²) >= 11 is 0. The first-order chi connectivity index (χ1) is 15.0. The number of carboxylic acid groups (broad SMARTS) is 1. The van der Waals surface area contributed by atoms with Crippen LogP contribution in [0.15, 0.2) is 60.8 Å². The molecule has 0 bridgehead atoms. The number of amides is 2. The van der Waals surface area contributed by atoms with E-state index < -0.39 is 12.0 Å². The van der Waals surface area contributed by atoms with Gasteiger partial charge in [0.25, 0.3) is 0 Å². The molecule has 1 saturated heterocycles. The van der Waals surface area contributed by atoms with E-state index in [0.29, 0.717) is 13.1 Å². The number of H-pyrrole nitrogens is 1. The van der Waals surface area contributed by atoms with Gasteiger partial charge in [-0.3, -0.25) is 4.90 Å². The minimum atomic E-state index is -1.03. The van der Waals surface area contributed by atoms with Crippen LogP contribution in [0.5, 0.6) is 0 Å². The summed E-state index contributed by atoms with van der Waals surface area (Å²) in [5.74, 6) is -1.41. The summed E-state index contributed by atoms with van der Waals surface area (Å²) in [5, 5.41) is 13.6. The van der Waals surface area contributed by atoms with Crippen LogP contribution in [-0.2, 0) is 11.3 Å². The highest BCUT2D eigenvalue weighted by atomic mass is 16.4. The average molecular weight is 421 g/mol. The van der Waals surface area contributed by atoms with Crippen molar-refractivity contribution in [1.29, 1.82) is 0 Å². The molecule has 2 heterocycles. The summed E-state index contributed by atoms with van der Waals surface area (Å²) in [7, 11) is 0. The van der Waals surface area contributed by atoms with Gasteiger partial charge in [-0.25, -0.2) is 9.59 Å². The van der Waals surface area contributed by atoms with E-state index in [1.54, 1.807) is 4.90 Å². The van der Waals surface area contributed by atoms with Crippen LogP contribution in [-0.4, -0.2) is 64.1 Å². The molecule has 1 aromatic heterocycles. The van der Waals surface area contributed by atoms with Gasteiger partial charge in [-0.1, -0.05) is 55.5 Å². The van der Waals surface area contributed by atoms with Crippen molar-refractivity contribution >= 4 is 22.9 Å². The number of piperazine rings is 1. The van der Waals surface area contributed by atoms with Gasteiger partial charge >= 0.3 is 12.0 Å². The van der Waals surface area contributed by atoms with Gasteiger partial charge in [0.15, 0.2) is 0 Å². The number of rotatable bonds is 6. The minimum absolute atomic E-state index is 0.321. The molecule has 2 atom stereocenters. The van der Waals surface area contributed by atoms with Crippen LogP contribution in [0.3, 0.4) is 0 Å². The largest absolute Gasteiger partial charge is 0.480 e. The molecule has 0 radical (unpaired) electrons. The second kappa shape index (κ2) is 9.22. The Morgan fingerprint density at radius 1 is 1.03 bits per heavy atom. The molecule has 1 aliphatic rings. The van der Waals surface area contributed by atoms with Gasteiger partial charge in [-0.15, -0.1) is 0 Å². The smallest absolute Gasteiger partial charge is 0.326 e. The number of fused-ring (bicyclic) bond motifs is 1. The number of aromatic nitrogens is 1. The number of benzene rings is 2. The monoisotopic (exact) mass is 420 g/mol. The number of hydrogen-bond donors (Lipinski definition) is 3. The van der Waals surface area contributed by atoms with Crippen molar-refractivity contribution in [2.45, 2.75) is 25.4 Å². The third-order valence-corrected chi connectivity index (χ3v) is 6.07. The Balaban J connectivity index is 1.37. The molecule has 31 heavy (non-hydrogen) atoms. The molecular formula is C24H28N4O3. The van der Waals surface area contributed by atoms with Gasteiger partial charge in [-0.2, -0.15) is 0 Å². The molecule has 4 rings (SSSR count). The summed E-state index contributed by atoms with van der Waals surface area (Å²) in [4.78, 5) is 32.0. The number of aliphatic carboxylic acids is 1. The standard InChI is InChI=1S/C24H28N4O3/c1-17(20-15-25-21-10-6-5-9-19(20)21)22(23(29)30)26-24(31)28-13-11-27(12-14-28)16-18-7-3-2-4-8-18/h2-10,15,17,22,25H,11-14,16H2,1H3,(H,26,31)(H,29,30)/t17-,22+/m0/s1. The SMILES string of the molecule is C[C@@H](c1c[nH]c2ccccc12)[C@@H](NC(=O)N1CCN(Cc2ccccc2)CC1)C(=O)O. The maximum atomic E-state index is 12.8. The number of nitrogens with zero attached hydrogens (tertiary/aromatic N) is 2. The first-order valence-electron chi connectivity index (χ1n) is 10.6. The van der Waals surface area contributed by atoms with Crippen molar-refractivity contribution in [2.24, 2.45) is 0 Å². The van der Waals surface area contributed by atoms with E-state index in [4.69, 9.17) is 0 Å². The van der Waals surface area contributed by atoms with Gasteiger partial charge in [0.1, 0.15) is 6.04 Å². The summed E-state index contributed by atoms with van der Waals surface area (Å²) < 4.78 is 0. The zero-order valence-electron chi connectivity index (χ0n) is 17.6. The Hall–Kier alpha value is -3.32. The lowest BCUT2D eigenvalue weighted by molar-refractivity contribution is -0.139. The Morgan fingerprint density at radius 2 is 1.71 bits per heavy atom. The predicted octanol–water partition coefficient (Wildman–Crippen LogP) is 3.25. The molecule has 1 fully saturated rings. The molecule has 0 unspecified atom stereocenters. The Bertz CT molecular complexity index is 1040. The van der Waals surface area contributed by atoms with Crippen LogP contribution >= 0.6 is 0 Å². The molecule has 0 spiro atoms. The van der Waals surface area contributed by atoms with Crippen LogP contribution in [0.25, 0.3) is 10.9 Å². The van der Waals surface area contributed by atoms with Gasteiger partial charge in [0.2, 0.25) is 0 Å².